The fraction of sp³-hybridized carbons (Fsp3) is 0.407. The summed E-state index contributed by atoms with van der Waals surface area (Å²) in [6, 6.07) is 15.6. The largest absolute Gasteiger partial charge is 0.346 e. The minimum atomic E-state index is -0.190. The molecule has 0 radical (unpaired) electrons. The number of fused-ring (bicyclic) bond motifs is 1. The molecule has 1 heterocycles. The van der Waals surface area contributed by atoms with Crippen LogP contribution in [0.25, 0.3) is 10.9 Å². The van der Waals surface area contributed by atoms with Gasteiger partial charge in [-0.3, -0.25) is 9.59 Å². The average Bonchev–Trinajstić information content (AvgIpc) is 3.17. The first-order valence-corrected chi connectivity index (χ1v) is 11.7. The van der Waals surface area contributed by atoms with Crippen LogP contribution in [0.1, 0.15) is 66.7 Å². The third-order valence-electron chi connectivity index (χ3n) is 6.44. The van der Waals surface area contributed by atoms with Gasteiger partial charge in [0.05, 0.1) is 16.8 Å². The minimum Gasteiger partial charge on any atom is -0.346 e. The fourth-order valence-corrected chi connectivity index (χ4v) is 4.76. The summed E-state index contributed by atoms with van der Waals surface area (Å²) >= 11 is 0. The van der Waals surface area contributed by atoms with Gasteiger partial charge in [0, 0.05) is 36.7 Å². The van der Waals surface area contributed by atoms with E-state index in [9.17, 15) is 9.59 Å². The summed E-state index contributed by atoms with van der Waals surface area (Å²) in [5, 5.41) is 3.95. The Hall–Kier alpha value is -3.08. The molecule has 3 aromatic rings. The Labute approximate surface area is 190 Å². The predicted octanol–water partition coefficient (Wildman–Crippen LogP) is 5.95. The fourth-order valence-electron chi connectivity index (χ4n) is 4.76. The van der Waals surface area contributed by atoms with Gasteiger partial charge < -0.3 is 14.8 Å². The van der Waals surface area contributed by atoms with Crippen LogP contribution in [0.3, 0.4) is 0 Å². The van der Waals surface area contributed by atoms with Crippen LogP contribution >= 0.6 is 0 Å². The summed E-state index contributed by atoms with van der Waals surface area (Å²) in [5.41, 5.74) is 2.78. The molecule has 32 heavy (non-hydrogen) atoms. The van der Waals surface area contributed by atoms with E-state index in [1.54, 1.807) is 6.07 Å². The Morgan fingerprint density at radius 2 is 1.69 bits per heavy atom. The van der Waals surface area contributed by atoms with Gasteiger partial charge >= 0.3 is 0 Å². The maximum absolute atomic E-state index is 13.3. The summed E-state index contributed by atoms with van der Waals surface area (Å²) in [6.07, 6.45) is 7.61. The number of aromatic nitrogens is 1. The molecule has 4 rings (SSSR count). The summed E-state index contributed by atoms with van der Waals surface area (Å²) in [5.74, 6) is 0.245. The van der Waals surface area contributed by atoms with Crippen molar-refractivity contribution >= 4 is 28.4 Å². The van der Waals surface area contributed by atoms with Gasteiger partial charge in [0.25, 0.3) is 11.8 Å². The van der Waals surface area contributed by atoms with Gasteiger partial charge in [-0.1, -0.05) is 63.4 Å². The van der Waals surface area contributed by atoms with Gasteiger partial charge in [0.2, 0.25) is 0 Å². The van der Waals surface area contributed by atoms with Crippen LogP contribution in [0, 0.1) is 5.92 Å². The molecule has 0 atom stereocenters. The first-order chi connectivity index (χ1) is 15.5. The molecule has 0 unspecified atom stereocenters. The monoisotopic (exact) mass is 431 g/mol. The number of amides is 2. The van der Waals surface area contributed by atoms with E-state index in [0.717, 1.165) is 30.3 Å². The molecule has 0 spiro atoms. The number of para-hydroxylation sites is 2. The highest BCUT2D eigenvalue weighted by Gasteiger charge is 2.25. The zero-order valence-corrected chi connectivity index (χ0v) is 19.3. The SMILES string of the molecule is CC(C)Cn1cc(C(=O)Nc2ccccc2C(=O)N(C)C2CCCCC2)c2ccccc21. The Bertz CT molecular complexity index is 1110. The lowest BCUT2D eigenvalue weighted by molar-refractivity contribution is 0.0697. The average molecular weight is 432 g/mol. The van der Waals surface area contributed by atoms with E-state index in [-0.39, 0.29) is 17.9 Å². The van der Waals surface area contributed by atoms with Gasteiger partial charge in [0.1, 0.15) is 0 Å². The number of hydrogen-bond donors (Lipinski definition) is 1. The summed E-state index contributed by atoms with van der Waals surface area (Å²) in [6.45, 7) is 5.17. The quantitative estimate of drug-likeness (QED) is 0.524. The second-order valence-electron chi connectivity index (χ2n) is 9.31. The van der Waals surface area contributed by atoms with Crippen molar-refractivity contribution in [1.82, 2.24) is 9.47 Å². The molecule has 1 aromatic heterocycles. The molecule has 1 aliphatic carbocycles. The Morgan fingerprint density at radius 1 is 1.00 bits per heavy atom. The van der Waals surface area contributed by atoms with E-state index >= 15 is 0 Å². The Balaban J connectivity index is 1.60. The maximum Gasteiger partial charge on any atom is 0.257 e. The molecule has 2 aromatic carbocycles. The van der Waals surface area contributed by atoms with Gasteiger partial charge in [-0.2, -0.15) is 0 Å². The molecule has 1 fully saturated rings. The van der Waals surface area contributed by atoms with Crippen LogP contribution in [0.2, 0.25) is 0 Å². The first-order valence-electron chi connectivity index (χ1n) is 11.7. The van der Waals surface area contributed by atoms with Gasteiger partial charge in [0.15, 0.2) is 0 Å². The van der Waals surface area contributed by atoms with Gasteiger partial charge in [-0.05, 0) is 37.0 Å². The van der Waals surface area contributed by atoms with Crippen molar-refractivity contribution in [3.05, 3.63) is 65.9 Å². The molecule has 0 bridgehead atoms. The van der Waals surface area contributed by atoms with Crippen molar-refractivity contribution in [3.63, 3.8) is 0 Å². The molecule has 5 heteroatoms. The van der Waals surface area contributed by atoms with Gasteiger partial charge in [-0.15, -0.1) is 0 Å². The molecule has 1 aliphatic rings. The molecule has 1 N–H and O–H groups in total. The third-order valence-corrected chi connectivity index (χ3v) is 6.44. The van der Waals surface area contributed by atoms with Crippen molar-refractivity contribution < 1.29 is 9.59 Å². The molecule has 0 aliphatic heterocycles. The van der Waals surface area contributed by atoms with E-state index in [4.69, 9.17) is 0 Å². The van der Waals surface area contributed by atoms with E-state index in [0.29, 0.717) is 22.7 Å². The lowest BCUT2D eigenvalue weighted by atomic mass is 9.94. The zero-order chi connectivity index (χ0) is 22.7. The number of nitrogens with zero attached hydrogens (tertiary/aromatic N) is 2. The summed E-state index contributed by atoms with van der Waals surface area (Å²) in [4.78, 5) is 28.5. The highest BCUT2D eigenvalue weighted by molar-refractivity contribution is 6.14. The van der Waals surface area contributed by atoms with Crippen LogP contribution in [0.5, 0.6) is 0 Å². The lowest BCUT2D eigenvalue weighted by Gasteiger charge is -2.31. The van der Waals surface area contributed by atoms with E-state index in [2.05, 4.69) is 23.7 Å². The van der Waals surface area contributed by atoms with Crippen LogP contribution in [-0.2, 0) is 6.54 Å². The van der Waals surface area contributed by atoms with E-state index in [1.807, 2.05) is 60.6 Å². The lowest BCUT2D eigenvalue weighted by Crippen LogP contribution is -2.38. The van der Waals surface area contributed by atoms with Crippen LogP contribution in [0.15, 0.2) is 54.7 Å². The van der Waals surface area contributed by atoms with E-state index in [1.165, 1.54) is 19.3 Å². The van der Waals surface area contributed by atoms with Crippen molar-refractivity contribution in [2.45, 2.75) is 58.5 Å². The smallest absolute Gasteiger partial charge is 0.257 e. The number of carbonyl (C=O) groups excluding carboxylic acids is 2. The first kappa shape index (κ1) is 22.1. The molecular formula is C27H33N3O2. The minimum absolute atomic E-state index is 0.0324. The molecule has 2 amide bonds. The molecule has 0 saturated heterocycles. The molecular weight excluding hydrogens is 398 g/mol. The number of benzene rings is 2. The van der Waals surface area contributed by atoms with Crippen LogP contribution < -0.4 is 5.32 Å². The maximum atomic E-state index is 13.3. The van der Waals surface area contributed by atoms with Crippen LogP contribution in [0.4, 0.5) is 5.69 Å². The van der Waals surface area contributed by atoms with Crippen molar-refractivity contribution in [2.75, 3.05) is 12.4 Å². The second kappa shape index (κ2) is 9.60. The standard InChI is InChI=1S/C27H33N3O2/c1-19(2)17-30-18-23(21-13-8-10-16-25(21)30)26(31)28-24-15-9-7-14-22(24)27(32)29(3)20-11-5-4-6-12-20/h7-10,13-16,18-20H,4-6,11-12,17H2,1-3H3,(H,28,31). The second-order valence-corrected chi connectivity index (χ2v) is 9.31. The molecule has 1 saturated carbocycles. The number of hydrogen-bond acceptors (Lipinski definition) is 2. The van der Waals surface area contributed by atoms with E-state index < -0.39 is 0 Å². The van der Waals surface area contributed by atoms with Crippen molar-refractivity contribution in [1.29, 1.82) is 0 Å². The predicted molar refractivity (Wildman–Crippen MR) is 130 cm³/mol. The zero-order valence-electron chi connectivity index (χ0n) is 19.3. The normalized spacial score (nSPS) is 14.6. The molecule has 168 valence electrons. The number of nitrogens with one attached hydrogen (secondary N) is 1. The third kappa shape index (κ3) is 4.57. The highest BCUT2D eigenvalue weighted by atomic mass is 16.2. The summed E-state index contributed by atoms with van der Waals surface area (Å²) < 4.78 is 2.14. The number of anilines is 1. The summed E-state index contributed by atoms with van der Waals surface area (Å²) in [7, 11) is 1.89. The van der Waals surface area contributed by atoms with Crippen LogP contribution in [-0.4, -0.2) is 34.4 Å². The van der Waals surface area contributed by atoms with Crippen molar-refractivity contribution in [2.24, 2.45) is 5.92 Å². The Morgan fingerprint density at radius 3 is 2.44 bits per heavy atom. The number of carbonyl (C=O) groups is 2. The number of rotatable bonds is 6. The van der Waals surface area contributed by atoms with Crippen molar-refractivity contribution in [3.8, 4) is 0 Å². The Kier molecular flexibility index (Phi) is 6.63. The molecule has 5 nitrogen and oxygen atoms in total. The highest BCUT2D eigenvalue weighted by Crippen LogP contribution is 2.27. The topological polar surface area (TPSA) is 54.3 Å². The van der Waals surface area contributed by atoms with Gasteiger partial charge in [-0.25, -0.2) is 0 Å².